The fourth-order valence-corrected chi connectivity index (χ4v) is 5.53. The van der Waals surface area contributed by atoms with E-state index in [9.17, 15) is 31.1 Å². The molecular weight excluding hydrogens is 634 g/mol. The standard InChI is InChI=1S/C30H28F6N8O3/c1-42-23-13-17(3-8-21(23)39-24(42)10-12-43-11-9-20(15-43)46-2)25-27(45)44(18-4-6-19(7-5-18)47-30(34,35)36)26-22(40-25)14-37-28(41-26)38-16-29(31,32)33/h3-8,13-14,20H,9-12,15-16H2,1-2H3,(H,37,38,41). The molecule has 5 aromatic rings. The Morgan fingerprint density at radius 3 is 2.45 bits per heavy atom. The van der Waals surface area contributed by atoms with Crippen LogP contribution in [0.5, 0.6) is 5.75 Å². The summed E-state index contributed by atoms with van der Waals surface area (Å²) in [5.74, 6) is -0.115. The van der Waals surface area contributed by atoms with Gasteiger partial charge in [-0.3, -0.25) is 9.36 Å². The van der Waals surface area contributed by atoms with E-state index in [1.54, 1.807) is 25.3 Å². The average Bonchev–Trinajstić information content (AvgIpc) is 3.61. The number of fused-ring (bicyclic) bond motifs is 2. The van der Waals surface area contributed by atoms with Crippen LogP contribution in [0, 0.1) is 0 Å². The van der Waals surface area contributed by atoms with E-state index in [4.69, 9.17) is 9.72 Å². The zero-order chi connectivity index (χ0) is 33.5. The maximum absolute atomic E-state index is 14.0. The van der Waals surface area contributed by atoms with Crippen molar-refractivity contribution in [1.82, 2.24) is 34.0 Å². The van der Waals surface area contributed by atoms with Gasteiger partial charge in [-0.1, -0.05) is 6.07 Å². The lowest BCUT2D eigenvalue weighted by Crippen LogP contribution is -2.25. The van der Waals surface area contributed by atoms with Crippen molar-refractivity contribution in [3.8, 4) is 22.7 Å². The molecule has 1 aliphatic heterocycles. The van der Waals surface area contributed by atoms with Gasteiger partial charge in [0.05, 0.1) is 29.0 Å². The molecule has 1 N–H and O–H groups in total. The van der Waals surface area contributed by atoms with Crippen LogP contribution in [0.4, 0.5) is 32.3 Å². The van der Waals surface area contributed by atoms with Gasteiger partial charge in [-0.15, -0.1) is 13.2 Å². The Bertz CT molecular complexity index is 1970. The molecule has 1 unspecified atom stereocenters. The van der Waals surface area contributed by atoms with Gasteiger partial charge in [0.2, 0.25) is 5.95 Å². The van der Waals surface area contributed by atoms with Crippen molar-refractivity contribution < 1.29 is 35.8 Å². The molecule has 0 radical (unpaired) electrons. The van der Waals surface area contributed by atoms with Gasteiger partial charge in [0.1, 0.15) is 29.3 Å². The molecule has 17 heteroatoms. The number of halogens is 6. The largest absolute Gasteiger partial charge is 0.573 e. The first-order valence-corrected chi connectivity index (χ1v) is 14.5. The van der Waals surface area contributed by atoms with E-state index in [0.29, 0.717) is 17.5 Å². The quantitative estimate of drug-likeness (QED) is 0.221. The van der Waals surface area contributed by atoms with Crippen LogP contribution in [0.2, 0.25) is 0 Å². The van der Waals surface area contributed by atoms with E-state index < -0.39 is 36.3 Å². The minimum atomic E-state index is -4.94. The molecule has 0 spiro atoms. The first-order valence-electron chi connectivity index (χ1n) is 14.5. The van der Waals surface area contributed by atoms with Crippen molar-refractivity contribution >= 4 is 28.1 Å². The number of hydrogen-bond acceptors (Lipinski definition) is 9. The third-order valence-corrected chi connectivity index (χ3v) is 7.84. The molecule has 0 amide bonds. The highest BCUT2D eigenvalue weighted by molar-refractivity contribution is 5.83. The van der Waals surface area contributed by atoms with Gasteiger partial charge >= 0.3 is 12.5 Å². The van der Waals surface area contributed by atoms with Gasteiger partial charge in [-0.25, -0.2) is 15.0 Å². The van der Waals surface area contributed by atoms with Crippen LogP contribution in [0.25, 0.3) is 39.1 Å². The van der Waals surface area contributed by atoms with Crippen LogP contribution in [-0.2, 0) is 18.2 Å². The molecule has 1 saturated heterocycles. The minimum Gasteiger partial charge on any atom is -0.406 e. The molecule has 0 bridgehead atoms. The topological polar surface area (TPSA) is 112 Å². The monoisotopic (exact) mass is 662 g/mol. The molecule has 1 fully saturated rings. The van der Waals surface area contributed by atoms with Gasteiger partial charge in [-0.2, -0.15) is 18.2 Å². The molecule has 47 heavy (non-hydrogen) atoms. The second kappa shape index (κ2) is 12.4. The summed E-state index contributed by atoms with van der Waals surface area (Å²) in [5.41, 5.74) is 1.05. The number of methoxy groups -OCH3 is 1. The molecule has 3 aromatic heterocycles. The number of aryl methyl sites for hydroxylation is 1. The van der Waals surface area contributed by atoms with Crippen LogP contribution >= 0.6 is 0 Å². The van der Waals surface area contributed by atoms with E-state index >= 15 is 0 Å². The molecular formula is C30H28F6N8O3. The number of hydrogen-bond donors (Lipinski definition) is 1. The van der Waals surface area contributed by atoms with Crippen LogP contribution < -0.4 is 15.6 Å². The number of imidazole rings is 1. The third-order valence-electron chi connectivity index (χ3n) is 7.84. The normalized spacial score (nSPS) is 16.0. The van der Waals surface area contributed by atoms with Gasteiger partial charge in [0, 0.05) is 45.8 Å². The predicted molar refractivity (Wildman–Crippen MR) is 159 cm³/mol. The van der Waals surface area contributed by atoms with Crippen molar-refractivity contribution in [3.05, 3.63) is 64.8 Å². The van der Waals surface area contributed by atoms with Crippen LogP contribution in [0.3, 0.4) is 0 Å². The summed E-state index contributed by atoms with van der Waals surface area (Å²) >= 11 is 0. The minimum absolute atomic E-state index is 0.0416. The zero-order valence-corrected chi connectivity index (χ0v) is 25.1. The Kier molecular flexibility index (Phi) is 8.52. The smallest absolute Gasteiger partial charge is 0.406 e. The number of aromatic nitrogens is 6. The lowest BCUT2D eigenvalue weighted by Gasteiger charge is -2.15. The van der Waals surface area contributed by atoms with Crippen LogP contribution in [0.15, 0.2) is 53.5 Å². The Hall–Kier alpha value is -4.77. The van der Waals surface area contributed by atoms with E-state index in [2.05, 4.69) is 29.9 Å². The van der Waals surface area contributed by atoms with Gasteiger partial charge in [-0.05, 0) is 42.8 Å². The summed E-state index contributed by atoms with van der Waals surface area (Å²) in [4.78, 5) is 33.6. The van der Waals surface area contributed by atoms with Crippen molar-refractivity contribution in [1.29, 1.82) is 0 Å². The summed E-state index contributed by atoms with van der Waals surface area (Å²) in [7, 11) is 3.58. The molecule has 1 atom stereocenters. The first-order chi connectivity index (χ1) is 22.3. The first kappa shape index (κ1) is 32.2. The van der Waals surface area contributed by atoms with Gasteiger partial charge in [0.25, 0.3) is 5.56 Å². The Morgan fingerprint density at radius 1 is 1.00 bits per heavy atom. The average molecular weight is 663 g/mol. The molecule has 1 aliphatic rings. The number of rotatable bonds is 9. The molecule has 0 aliphatic carbocycles. The number of likely N-dealkylation sites (tertiary alicyclic amines) is 1. The van der Waals surface area contributed by atoms with E-state index in [1.807, 2.05) is 11.6 Å². The predicted octanol–water partition coefficient (Wildman–Crippen LogP) is 4.87. The van der Waals surface area contributed by atoms with Crippen molar-refractivity contribution in [2.45, 2.75) is 31.5 Å². The number of nitrogens with zero attached hydrogens (tertiary/aromatic N) is 7. The number of benzene rings is 2. The fourth-order valence-electron chi connectivity index (χ4n) is 5.53. The fraction of sp³-hybridized carbons (Fsp3) is 0.367. The molecule has 4 heterocycles. The van der Waals surface area contributed by atoms with Gasteiger partial charge < -0.3 is 24.3 Å². The van der Waals surface area contributed by atoms with Crippen molar-refractivity contribution in [2.24, 2.45) is 7.05 Å². The van der Waals surface area contributed by atoms with Crippen LogP contribution in [0.1, 0.15) is 12.2 Å². The number of ether oxygens (including phenoxy) is 2. The summed E-state index contributed by atoms with van der Waals surface area (Å²) in [6.07, 6.45) is -6.47. The number of nitrogens with one attached hydrogen (secondary N) is 1. The molecule has 0 saturated carbocycles. The lowest BCUT2D eigenvalue weighted by molar-refractivity contribution is -0.274. The Balaban J connectivity index is 1.40. The van der Waals surface area contributed by atoms with Crippen molar-refractivity contribution in [3.63, 3.8) is 0 Å². The van der Waals surface area contributed by atoms with E-state index in [0.717, 1.165) is 60.3 Å². The molecule has 6 rings (SSSR count). The summed E-state index contributed by atoms with van der Waals surface area (Å²) < 4.78 is 89.2. The highest BCUT2D eigenvalue weighted by Gasteiger charge is 2.31. The molecule has 248 valence electrons. The number of alkyl halides is 6. The SMILES string of the molecule is COC1CCN(CCc2nc3ccc(-c4nc5cnc(NCC(F)(F)F)nc5n(-c5ccc(OC(F)(F)F)cc5)c4=O)cc3n2C)C1. The number of anilines is 1. The van der Waals surface area contributed by atoms with Crippen LogP contribution in [-0.4, -0.2) is 85.9 Å². The third kappa shape index (κ3) is 7.15. The highest BCUT2D eigenvalue weighted by atomic mass is 19.4. The Morgan fingerprint density at radius 2 is 1.77 bits per heavy atom. The lowest BCUT2D eigenvalue weighted by atomic mass is 10.1. The summed E-state index contributed by atoms with van der Waals surface area (Å²) in [5, 5.41) is 2.06. The van der Waals surface area contributed by atoms with E-state index in [1.165, 1.54) is 12.1 Å². The second-order valence-electron chi connectivity index (χ2n) is 11.0. The summed E-state index contributed by atoms with van der Waals surface area (Å²) in [6.45, 7) is 1.16. The maximum Gasteiger partial charge on any atom is 0.573 e. The van der Waals surface area contributed by atoms with E-state index in [-0.39, 0.29) is 28.6 Å². The maximum atomic E-state index is 14.0. The summed E-state index contributed by atoms with van der Waals surface area (Å²) in [6, 6.07) is 9.58. The second-order valence-corrected chi connectivity index (χ2v) is 11.0. The molecule has 2 aromatic carbocycles. The highest BCUT2D eigenvalue weighted by Crippen LogP contribution is 2.27. The Labute approximate surface area is 262 Å². The molecule has 11 nitrogen and oxygen atoms in total. The zero-order valence-electron chi connectivity index (χ0n) is 25.1. The van der Waals surface area contributed by atoms with Gasteiger partial charge in [0.15, 0.2) is 5.65 Å². The van der Waals surface area contributed by atoms with Crippen molar-refractivity contribution in [2.75, 3.05) is 38.6 Å².